The van der Waals surface area contributed by atoms with E-state index in [1.165, 1.54) is 13.8 Å². The van der Waals surface area contributed by atoms with Crippen LogP contribution in [0.2, 0.25) is 0 Å². The van der Waals surface area contributed by atoms with Crippen LogP contribution in [0.15, 0.2) is 5.16 Å². The number of esters is 1. The van der Waals surface area contributed by atoms with Gasteiger partial charge >= 0.3 is 5.97 Å². The van der Waals surface area contributed by atoms with Crippen molar-refractivity contribution in [3.8, 4) is 0 Å². The molecule has 0 unspecified atom stereocenters. The van der Waals surface area contributed by atoms with Crippen LogP contribution in [0, 0.1) is 29.6 Å². The molecular weight excluding hydrogens is 476 g/mol. The van der Waals surface area contributed by atoms with Crippen LogP contribution >= 0.6 is 0 Å². The molecule has 2 fully saturated rings. The zero-order chi connectivity index (χ0) is 28.1. The smallest absolute Gasteiger partial charge is 0.316 e. The topological polar surface area (TPSA) is 127 Å². The van der Waals surface area contributed by atoms with Crippen molar-refractivity contribution >= 4 is 17.5 Å². The van der Waals surface area contributed by atoms with Crippen LogP contribution in [-0.2, 0) is 23.9 Å². The molecule has 9 heteroatoms. The van der Waals surface area contributed by atoms with Gasteiger partial charge in [0.1, 0.15) is 29.5 Å². The lowest BCUT2D eigenvalue weighted by atomic mass is 9.71. The number of methoxy groups -OCH3 is 1. The van der Waals surface area contributed by atoms with Gasteiger partial charge in [-0.1, -0.05) is 39.8 Å². The number of piperidine rings is 1. The summed E-state index contributed by atoms with van der Waals surface area (Å²) in [6.45, 7) is 16.0. The number of rotatable bonds is 4. The van der Waals surface area contributed by atoms with Crippen molar-refractivity contribution in [2.75, 3.05) is 20.2 Å². The van der Waals surface area contributed by atoms with Crippen molar-refractivity contribution in [2.45, 2.75) is 111 Å². The van der Waals surface area contributed by atoms with Crippen molar-refractivity contribution in [3.05, 3.63) is 0 Å². The largest absolute Gasteiger partial charge is 0.459 e. The number of carbonyl (C=O) groups excluding carboxylic acids is 2. The summed E-state index contributed by atoms with van der Waals surface area (Å²) >= 11 is 0. The monoisotopic (exact) mass is 526 g/mol. The second-order valence-corrected chi connectivity index (χ2v) is 11.7. The predicted octanol–water partition coefficient (Wildman–Crippen LogP) is 3.10. The van der Waals surface area contributed by atoms with E-state index in [9.17, 15) is 19.8 Å². The highest BCUT2D eigenvalue weighted by molar-refractivity contribution is 5.99. The lowest BCUT2D eigenvalue weighted by molar-refractivity contribution is -0.187. The first-order chi connectivity index (χ1) is 17.2. The number of nitrogens with zero attached hydrogens (tertiary/aromatic N) is 1. The summed E-state index contributed by atoms with van der Waals surface area (Å²) in [5.41, 5.74) is -1.92. The number of aliphatic hydroxyl groups is 2. The quantitative estimate of drug-likeness (QED) is 0.290. The van der Waals surface area contributed by atoms with E-state index in [0.717, 1.165) is 19.4 Å². The summed E-state index contributed by atoms with van der Waals surface area (Å²) in [6, 6.07) is 0. The third-order valence-electron chi connectivity index (χ3n) is 9.00. The maximum atomic E-state index is 13.3. The maximum absolute atomic E-state index is 13.3. The van der Waals surface area contributed by atoms with Crippen LogP contribution in [0.1, 0.15) is 81.1 Å². The molecule has 0 aliphatic carbocycles. The van der Waals surface area contributed by atoms with Gasteiger partial charge in [-0.25, -0.2) is 0 Å². The van der Waals surface area contributed by atoms with Crippen molar-refractivity contribution in [1.29, 1.82) is 0 Å². The normalized spacial score (nSPS) is 44.2. The lowest BCUT2D eigenvalue weighted by Crippen LogP contribution is -2.56. The molecular formula is C28H50N2O7. The van der Waals surface area contributed by atoms with Gasteiger partial charge in [0.05, 0.1) is 17.4 Å². The minimum atomic E-state index is -1.78. The lowest BCUT2D eigenvalue weighted by Gasteiger charge is -2.43. The van der Waals surface area contributed by atoms with Gasteiger partial charge in [0.25, 0.3) is 0 Å². The molecule has 214 valence electrons. The van der Waals surface area contributed by atoms with Gasteiger partial charge in [0, 0.05) is 31.4 Å². The van der Waals surface area contributed by atoms with Gasteiger partial charge < -0.3 is 29.8 Å². The average molecular weight is 527 g/mol. The van der Waals surface area contributed by atoms with Gasteiger partial charge in [0.15, 0.2) is 0 Å². The van der Waals surface area contributed by atoms with Gasteiger partial charge in [-0.15, -0.1) is 0 Å². The standard InChI is InChI=1S/C28H50N2O7/c1-10-22-28(8,34)25(32)18(4)23(30-37-21-12-11-13-29-15-21)16(2)14-27(7,35-9)20(6)17(3)24(31)19(5)26(33)36-22/h16-22,25,29,32,34H,10-15H2,1-9H3/b30-23+/t16-,17-,18+,19-,20-,21-,22-,25-,27-,28-/m1/s1. The molecule has 2 heterocycles. The number of nitrogens with one attached hydrogen (secondary N) is 1. The molecule has 0 aromatic heterocycles. The van der Waals surface area contributed by atoms with E-state index >= 15 is 0 Å². The molecule has 0 spiro atoms. The SMILES string of the molecule is CC[C@H]1OC(=O)[C@H](C)C(=O)[C@H](C)[C@@H](C)[C@](C)(OC)C[C@@H](C)/C(=N\O[C@@H]2CCCNC2)[C@H](C)[C@@H](O)[C@]1(C)O. The molecule has 0 amide bonds. The Kier molecular flexibility index (Phi) is 11.1. The van der Waals surface area contributed by atoms with Gasteiger partial charge in [-0.2, -0.15) is 0 Å². The highest BCUT2D eigenvalue weighted by atomic mass is 16.6. The Hall–Kier alpha value is -1.55. The van der Waals surface area contributed by atoms with Crippen molar-refractivity contribution < 1.29 is 34.1 Å². The Labute approximate surface area is 222 Å². The van der Waals surface area contributed by atoms with E-state index in [0.29, 0.717) is 18.7 Å². The fourth-order valence-electron chi connectivity index (χ4n) is 5.84. The first kappa shape index (κ1) is 31.7. The molecule has 9 nitrogen and oxygen atoms in total. The molecule has 0 bridgehead atoms. The van der Waals surface area contributed by atoms with Crippen LogP contribution in [-0.4, -0.2) is 77.4 Å². The molecule has 0 saturated carbocycles. The number of ether oxygens (including phenoxy) is 2. The number of hydrogen-bond acceptors (Lipinski definition) is 9. The first-order valence-electron chi connectivity index (χ1n) is 13.8. The van der Waals surface area contributed by atoms with Gasteiger partial charge in [0.2, 0.25) is 0 Å². The van der Waals surface area contributed by atoms with Crippen LogP contribution in [0.25, 0.3) is 0 Å². The second-order valence-electron chi connectivity index (χ2n) is 11.7. The molecule has 3 N–H and O–H groups in total. The Morgan fingerprint density at radius 2 is 1.78 bits per heavy atom. The average Bonchev–Trinajstić information content (AvgIpc) is 2.88. The minimum Gasteiger partial charge on any atom is -0.459 e. The molecule has 0 aromatic carbocycles. The van der Waals surface area contributed by atoms with Crippen molar-refractivity contribution in [1.82, 2.24) is 5.32 Å². The van der Waals surface area contributed by atoms with Gasteiger partial charge in [-0.05, 0) is 58.9 Å². The highest BCUT2D eigenvalue weighted by Crippen LogP contribution is 2.38. The molecule has 0 radical (unpaired) electrons. The Balaban J connectivity index is 2.57. The van der Waals surface area contributed by atoms with E-state index in [1.54, 1.807) is 21.0 Å². The highest BCUT2D eigenvalue weighted by Gasteiger charge is 2.48. The van der Waals surface area contributed by atoms with E-state index in [4.69, 9.17) is 14.3 Å². The van der Waals surface area contributed by atoms with Crippen molar-refractivity contribution in [3.63, 3.8) is 0 Å². The second kappa shape index (κ2) is 13.0. The summed E-state index contributed by atoms with van der Waals surface area (Å²) in [5, 5.41) is 30.8. The number of cyclic esters (lactones) is 1. The molecule has 2 saturated heterocycles. The molecule has 37 heavy (non-hydrogen) atoms. The molecule has 2 rings (SSSR count). The van der Waals surface area contributed by atoms with E-state index < -0.39 is 47.1 Å². The fraction of sp³-hybridized carbons (Fsp3) is 0.893. The Morgan fingerprint density at radius 3 is 2.32 bits per heavy atom. The molecule has 10 atom stereocenters. The van der Waals surface area contributed by atoms with Crippen LogP contribution in [0.3, 0.4) is 0 Å². The number of Topliss-reactive ketones (excluding diaryl/α,β-unsaturated/α-hetero) is 1. The fourth-order valence-corrected chi connectivity index (χ4v) is 5.84. The zero-order valence-corrected chi connectivity index (χ0v) is 24.2. The van der Waals surface area contributed by atoms with E-state index in [-0.39, 0.29) is 30.1 Å². The van der Waals surface area contributed by atoms with Crippen LogP contribution in [0.5, 0.6) is 0 Å². The van der Waals surface area contributed by atoms with Crippen molar-refractivity contribution in [2.24, 2.45) is 34.7 Å². The predicted molar refractivity (Wildman–Crippen MR) is 142 cm³/mol. The number of carbonyl (C=O) groups is 2. The molecule has 2 aliphatic rings. The minimum absolute atomic E-state index is 0.0809. The number of oxime groups is 1. The summed E-state index contributed by atoms with van der Waals surface area (Å²) in [4.78, 5) is 32.3. The number of ketones is 1. The Bertz CT molecular complexity index is 810. The first-order valence-corrected chi connectivity index (χ1v) is 13.8. The summed E-state index contributed by atoms with van der Waals surface area (Å²) in [6.07, 6.45) is 0.247. The van der Waals surface area contributed by atoms with E-state index in [2.05, 4.69) is 10.5 Å². The molecule has 2 aliphatic heterocycles. The number of aliphatic hydroxyl groups excluding tert-OH is 1. The van der Waals surface area contributed by atoms with Crippen LogP contribution < -0.4 is 5.32 Å². The van der Waals surface area contributed by atoms with Crippen LogP contribution in [0.4, 0.5) is 0 Å². The summed E-state index contributed by atoms with van der Waals surface area (Å²) in [7, 11) is 1.62. The number of hydrogen-bond donors (Lipinski definition) is 3. The summed E-state index contributed by atoms with van der Waals surface area (Å²) in [5.74, 6) is -3.46. The third-order valence-corrected chi connectivity index (χ3v) is 9.00. The third kappa shape index (κ3) is 7.11. The Morgan fingerprint density at radius 1 is 1.14 bits per heavy atom. The van der Waals surface area contributed by atoms with E-state index in [1.807, 2.05) is 27.7 Å². The summed E-state index contributed by atoms with van der Waals surface area (Å²) < 4.78 is 11.7. The molecule has 0 aromatic rings. The van der Waals surface area contributed by atoms with Gasteiger partial charge in [-0.3, -0.25) is 9.59 Å². The maximum Gasteiger partial charge on any atom is 0.316 e. The zero-order valence-electron chi connectivity index (χ0n) is 24.2.